The Kier molecular flexibility index (Phi) is 5.98. The Hall–Kier alpha value is -6.24. The van der Waals surface area contributed by atoms with Crippen LogP contribution < -0.4 is 0 Å². The third-order valence-corrected chi connectivity index (χ3v) is 12.7. The molecule has 254 valence electrons. The van der Waals surface area contributed by atoms with Crippen molar-refractivity contribution in [1.82, 2.24) is 0 Å². The maximum absolute atomic E-state index is 2.59. The van der Waals surface area contributed by atoms with Crippen molar-refractivity contribution in [3.63, 3.8) is 0 Å². The molecule has 0 heteroatoms. The molecule has 11 aromatic carbocycles. The Morgan fingerprint density at radius 1 is 0.296 bits per heavy atom. The van der Waals surface area contributed by atoms with Crippen molar-refractivity contribution in [3.8, 4) is 33.4 Å². The van der Waals surface area contributed by atoms with Gasteiger partial charge in [0.15, 0.2) is 0 Å². The lowest BCUT2D eigenvalue weighted by Crippen LogP contribution is -2.02. The van der Waals surface area contributed by atoms with Crippen LogP contribution in [0.2, 0.25) is 0 Å². The van der Waals surface area contributed by atoms with Crippen LogP contribution in [0.5, 0.6) is 0 Å². The Morgan fingerprint density at radius 3 is 1.52 bits per heavy atom. The van der Waals surface area contributed by atoms with Gasteiger partial charge in [0, 0.05) is 0 Å². The van der Waals surface area contributed by atoms with Crippen LogP contribution in [0.4, 0.5) is 0 Å². The summed E-state index contributed by atoms with van der Waals surface area (Å²) in [5.74, 6) is 0.668. The smallest absolute Gasteiger partial charge is 0.00135 e. The standard InChI is InChI=1S/C54H38/c1-29(2)48-46-28-44-42-24-35-14-9-8-13-34(35)23-41(42)40-25-36(31-11-6-5-7-12-31)20-21-38(40)43(44)27-45(46)49(30(3)4)54-47-26-37-16-10-15-32-17-18-33-19-22-39(53(48)54)52(47)51(33)50(32)37/h5-30H,1-4H3. The van der Waals surface area contributed by atoms with E-state index in [-0.39, 0.29) is 0 Å². The molecule has 0 amide bonds. The third-order valence-electron chi connectivity index (χ3n) is 12.7. The van der Waals surface area contributed by atoms with E-state index in [4.69, 9.17) is 0 Å². The summed E-state index contributed by atoms with van der Waals surface area (Å²) < 4.78 is 0. The minimum atomic E-state index is 0.332. The largest absolute Gasteiger partial charge is 0.0622 e. The second kappa shape index (κ2) is 10.7. The molecule has 0 heterocycles. The average molecular weight is 687 g/mol. The molecule has 0 aromatic heterocycles. The summed E-state index contributed by atoms with van der Waals surface area (Å²) in [5, 5.41) is 21.6. The highest BCUT2D eigenvalue weighted by Gasteiger charge is 2.33. The highest BCUT2D eigenvalue weighted by molar-refractivity contribution is 6.34. The molecule has 0 bridgehead atoms. The van der Waals surface area contributed by atoms with E-state index in [9.17, 15) is 0 Å². The van der Waals surface area contributed by atoms with Crippen molar-refractivity contribution in [2.75, 3.05) is 0 Å². The van der Waals surface area contributed by atoms with Crippen LogP contribution in [0.1, 0.15) is 50.7 Å². The van der Waals surface area contributed by atoms with Crippen molar-refractivity contribution >= 4 is 86.2 Å². The van der Waals surface area contributed by atoms with E-state index in [1.54, 1.807) is 0 Å². The van der Waals surface area contributed by atoms with Crippen LogP contribution in [0.25, 0.3) is 120 Å². The SMILES string of the molecule is CC(C)c1c2c(c(C(C)C)c3cc4c5cc6ccccc6cc5c5cc(-c6ccccc6)ccc5c4cc13)-c1ccc3ccc4cccc5cc-2c1c3c45. The maximum Gasteiger partial charge on any atom is -0.00135 e. The van der Waals surface area contributed by atoms with Gasteiger partial charge in [0.25, 0.3) is 0 Å². The van der Waals surface area contributed by atoms with E-state index in [2.05, 4.69) is 173 Å². The monoisotopic (exact) mass is 686 g/mol. The fraction of sp³-hybridized carbons (Fsp3) is 0.111. The van der Waals surface area contributed by atoms with Gasteiger partial charge in [-0.25, -0.2) is 0 Å². The zero-order chi connectivity index (χ0) is 36.0. The average Bonchev–Trinajstić information content (AvgIpc) is 3.52. The second-order valence-electron chi connectivity index (χ2n) is 16.4. The first-order valence-electron chi connectivity index (χ1n) is 19.6. The van der Waals surface area contributed by atoms with Gasteiger partial charge in [-0.15, -0.1) is 0 Å². The van der Waals surface area contributed by atoms with Crippen LogP contribution in [0.3, 0.4) is 0 Å². The zero-order valence-electron chi connectivity index (χ0n) is 31.0. The van der Waals surface area contributed by atoms with Gasteiger partial charge < -0.3 is 0 Å². The van der Waals surface area contributed by atoms with Gasteiger partial charge in [-0.05, 0) is 179 Å². The summed E-state index contributed by atoms with van der Waals surface area (Å²) in [4.78, 5) is 0. The predicted octanol–water partition coefficient (Wildman–Crippen LogP) is 15.9. The maximum atomic E-state index is 2.59. The molecule has 0 spiro atoms. The van der Waals surface area contributed by atoms with Gasteiger partial charge in [-0.2, -0.15) is 0 Å². The Bertz CT molecular complexity index is 3410. The first kappa shape index (κ1) is 30.2. The van der Waals surface area contributed by atoms with E-state index in [1.807, 2.05) is 0 Å². The molecule has 54 heavy (non-hydrogen) atoms. The van der Waals surface area contributed by atoms with Crippen molar-refractivity contribution in [2.24, 2.45) is 0 Å². The van der Waals surface area contributed by atoms with Crippen molar-refractivity contribution in [3.05, 3.63) is 157 Å². The molecule has 0 atom stereocenters. The minimum Gasteiger partial charge on any atom is -0.0622 e. The van der Waals surface area contributed by atoms with Gasteiger partial charge >= 0.3 is 0 Å². The van der Waals surface area contributed by atoms with E-state index in [1.165, 1.54) is 131 Å². The van der Waals surface area contributed by atoms with E-state index in [0.29, 0.717) is 11.8 Å². The number of hydrogen-bond donors (Lipinski definition) is 0. The second-order valence-corrected chi connectivity index (χ2v) is 16.4. The van der Waals surface area contributed by atoms with E-state index in [0.717, 1.165) is 0 Å². The molecule has 12 rings (SSSR count). The fourth-order valence-corrected chi connectivity index (χ4v) is 10.5. The molecule has 0 unspecified atom stereocenters. The molecule has 0 fully saturated rings. The zero-order valence-corrected chi connectivity index (χ0v) is 31.0. The van der Waals surface area contributed by atoms with Gasteiger partial charge in [0.05, 0.1) is 0 Å². The molecule has 0 N–H and O–H groups in total. The number of hydrogen-bond acceptors (Lipinski definition) is 0. The highest BCUT2D eigenvalue weighted by Crippen LogP contribution is 2.58. The summed E-state index contributed by atoms with van der Waals surface area (Å²) in [7, 11) is 0. The summed E-state index contributed by atoms with van der Waals surface area (Å²) in [5.41, 5.74) is 11.2. The third kappa shape index (κ3) is 3.88. The fourth-order valence-electron chi connectivity index (χ4n) is 10.5. The predicted molar refractivity (Wildman–Crippen MR) is 236 cm³/mol. The van der Waals surface area contributed by atoms with E-state index < -0.39 is 0 Å². The number of fused-ring (bicyclic) bond motifs is 11. The normalized spacial score (nSPS) is 12.8. The lowest BCUT2D eigenvalue weighted by Gasteiger charge is -2.25. The first-order valence-corrected chi connectivity index (χ1v) is 19.6. The summed E-state index contributed by atoms with van der Waals surface area (Å²) in [6.07, 6.45) is 0. The minimum absolute atomic E-state index is 0.332. The van der Waals surface area contributed by atoms with Crippen molar-refractivity contribution in [2.45, 2.75) is 39.5 Å². The van der Waals surface area contributed by atoms with Gasteiger partial charge in [-0.3, -0.25) is 0 Å². The molecular formula is C54H38. The van der Waals surface area contributed by atoms with Crippen LogP contribution in [0.15, 0.2) is 146 Å². The summed E-state index contributed by atoms with van der Waals surface area (Å²) >= 11 is 0. The van der Waals surface area contributed by atoms with Gasteiger partial charge in [0.1, 0.15) is 0 Å². The molecule has 0 nitrogen and oxygen atoms in total. The molecule has 1 aliphatic rings. The molecule has 0 radical (unpaired) electrons. The Balaban J connectivity index is 1.29. The van der Waals surface area contributed by atoms with Crippen LogP contribution >= 0.6 is 0 Å². The van der Waals surface area contributed by atoms with Crippen LogP contribution in [-0.4, -0.2) is 0 Å². The molecule has 11 aromatic rings. The quantitative estimate of drug-likeness (QED) is 0.128. The van der Waals surface area contributed by atoms with Gasteiger partial charge in [-0.1, -0.05) is 137 Å². The number of rotatable bonds is 3. The van der Waals surface area contributed by atoms with Crippen molar-refractivity contribution in [1.29, 1.82) is 0 Å². The van der Waals surface area contributed by atoms with Crippen LogP contribution in [0, 0.1) is 0 Å². The molecule has 0 saturated carbocycles. The lowest BCUT2D eigenvalue weighted by molar-refractivity contribution is 0.864. The molecule has 1 aliphatic carbocycles. The summed E-state index contributed by atoms with van der Waals surface area (Å²) in [6, 6.07) is 55.6. The molecular weight excluding hydrogens is 649 g/mol. The lowest BCUT2D eigenvalue weighted by atomic mass is 9.79. The van der Waals surface area contributed by atoms with E-state index >= 15 is 0 Å². The summed E-state index contributed by atoms with van der Waals surface area (Å²) in [6.45, 7) is 9.62. The number of benzene rings is 11. The molecule has 0 saturated heterocycles. The van der Waals surface area contributed by atoms with Crippen LogP contribution in [-0.2, 0) is 0 Å². The Morgan fingerprint density at radius 2 is 0.833 bits per heavy atom. The first-order chi connectivity index (χ1) is 26.4. The topological polar surface area (TPSA) is 0 Å². The van der Waals surface area contributed by atoms with Gasteiger partial charge in [0.2, 0.25) is 0 Å². The Labute approximate surface area is 314 Å². The highest BCUT2D eigenvalue weighted by atomic mass is 14.4. The molecule has 0 aliphatic heterocycles. The van der Waals surface area contributed by atoms with Crippen molar-refractivity contribution < 1.29 is 0 Å².